The molecule has 0 amide bonds. The minimum Gasteiger partial charge on any atom is -0.490 e. The van der Waals surface area contributed by atoms with Crippen LogP contribution in [-0.2, 0) is 6.54 Å². The molecule has 2 aromatic heterocycles. The SMILES string of the molecule is c1coc(-c2nc(CN3CCOc4ccccc43)cs2)c1. The van der Waals surface area contributed by atoms with Crippen LogP contribution in [0.2, 0.25) is 0 Å². The van der Waals surface area contributed by atoms with Gasteiger partial charge in [0.2, 0.25) is 0 Å². The Morgan fingerprint density at radius 2 is 2.14 bits per heavy atom. The second-order valence-corrected chi connectivity index (χ2v) is 5.72. The Kier molecular flexibility index (Phi) is 3.12. The maximum absolute atomic E-state index is 5.68. The van der Waals surface area contributed by atoms with Gasteiger partial charge in [-0.05, 0) is 24.3 Å². The van der Waals surface area contributed by atoms with Gasteiger partial charge in [0.25, 0.3) is 0 Å². The molecule has 3 heterocycles. The largest absolute Gasteiger partial charge is 0.490 e. The number of ether oxygens (including phenoxy) is 1. The number of aromatic nitrogens is 1. The van der Waals surface area contributed by atoms with E-state index in [2.05, 4.69) is 21.3 Å². The zero-order valence-electron chi connectivity index (χ0n) is 11.4. The molecule has 0 radical (unpaired) electrons. The molecule has 21 heavy (non-hydrogen) atoms. The quantitative estimate of drug-likeness (QED) is 0.737. The van der Waals surface area contributed by atoms with E-state index in [9.17, 15) is 0 Å². The van der Waals surface area contributed by atoms with Crippen LogP contribution in [0.5, 0.6) is 5.75 Å². The Labute approximate surface area is 126 Å². The normalized spacial score (nSPS) is 13.8. The smallest absolute Gasteiger partial charge is 0.162 e. The summed E-state index contributed by atoms with van der Waals surface area (Å²) in [7, 11) is 0. The molecule has 0 atom stereocenters. The summed E-state index contributed by atoms with van der Waals surface area (Å²) in [4.78, 5) is 6.97. The molecule has 1 aliphatic rings. The van der Waals surface area contributed by atoms with Gasteiger partial charge in [-0.1, -0.05) is 12.1 Å². The molecular weight excluding hydrogens is 284 g/mol. The lowest BCUT2D eigenvalue weighted by atomic mass is 10.2. The van der Waals surface area contributed by atoms with Gasteiger partial charge in [-0.3, -0.25) is 0 Å². The molecule has 1 aliphatic heterocycles. The average Bonchev–Trinajstić information content (AvgIpc) is 3.18. The molecule has 0 fully saturated rings. The van der Waals surface area contributed by atoms with Crippen LogP contribution in [0.25, 0.3) is 10.8 Å². The van der Waals surface area contributed by atoms with Crippen LogP contribution in [-0.4, -0.2) is 18.1 Å². The highest BCUT2D eigenvalue weighted by molar-refractivity contribution is 7.13. The number of hydrogen-bond donors (Lipinski definition) is 0. The highest BCUT2D eigenvalue weighted by Crippen LogP contribution is 2.32. The Morgan fingerprint density at radius 3 is 3.05 bits per heavy atom. The zero-order chi connectivity index (χ0) is 14.1. The van der Waals surface area contributed by atoms with Crippen molar-refractivity contribution in [3.63, 3.8) is 0 Å². The van der Waals surface area contributed by atoms with Crippen molar-refractivity contribution in [3.05, 3.63) is 53.7 Å². The van der Waals surface area contributed by atoms with Gasteiger partial charge in [0.1, 0.15) is 12.4 Å². The Bertz CT molecular complexity index is 736. The third-order valence-corrected chi connectivity index (χ3v) is 4.37. The summed E-state index contributed by atoms with van der Waals surface area (Å²) in [6.07, 6.45) is 1.68. The molecule has 0 spiro atoms. The maximum Gasteiger partial charge on any atom is 0.162 e. The molecule has 1 aromatic carbocycles. The number of para-hydroxylation sites is 2. The minimum atomic E-state index is 0.714. The summed E-state index contributed by atoms with van der Waals surface area (Å²) < 4.78 is 11.1. The lowest BCUT2D eigenvalue weighted by Crippen LogP contribution is -2.32. The number of hydrogen-bond acceptors (Lipinski definition) is 5. The van der Waals surface area contributed by atoms with Crippen LogP contribution in [0, 0.1) is 0 Å². The summed E-state index contributed by atoms with van der Waals surface area (Å²) in [5, 5.41) is 3.02. The van der Waals surface area contributed by atoms with E-state index in [0.717, 1.165) is 41.0 Å². The van der Waals surface area contributed by atoms with E-state index < -0.39 is 0 Å². The molecule has 0 bridgehead atoms. The van der Waals surface area contributed by atoms with E-state index in [-0.39, 0.29) is 0 Å². The van der Waals surface area contributed by atoms with Gasteiger partial charge in [-0.25, -0.2) is 4.98 Å². The predicted molar refractivity (Wildman–Crippen MR) is 82.8 cm³/mol. The van der Waals surface area contributed by atoms with Crippen molar-refractivity contribution in [3.8, 4) is 16.5 Å². The van der Waals surface area contributed by atoms with E-state index in [1.165, 1.54) is 0 Å². The first-order valence-electron chi connectivity index (χ1n) is 6.85. The van der Waals surface area contributed by atoms with E-state index in [0.29, 0.717) is 6.61 Å². The van der Waals surface area contributed by atoms with Gasteiger partial charge in [-0.15, -0.1) is 11.3 Å². The Balaban J connectivity index is 1.57. The average molecular weight is 298 g/mol. The molecule has 3 aromatic rings. The summed E-state index contributed by atoms with van der Waals surface area (Å²) in [5.74, 6) is 1.78. The molecule has 5 heteroatoms. The number of nitrogens with zero attached hydrogens (tertiary/aromatic N) is 2. The Morgan fingerprint density at radius 1 is 1.19 bits per heavy atom. The first-order valence-corrected chi connectivity index (χ1v) is 7.73. The third-order valence-electron chi connectivity index (χ3n) is 3.46. The molecule has 0 N–H and O–H groups in total. The molecule has 4 rings (SSSR count). The molecule has 4 nitrogen and oxygen atoms in total. The van der Waals surface area contributed by atoms with Crippen molar-refractivity contribution in [2.75, 3.05) is 18.1 Å². The van der Waals surface area contributed by atoms with Crippen molar-refractivity contribution < 1.29 is 9.15 Å². The van der Waals surface area contributed by atoms with Gasteiger partial charge >= 0.3 is 0 Å². The van der Waals surface area contributed by atoms with Crippen LogP contribution in [0.1, 0.15) is 5.69 Å². The van der Waals surface area contributed by atoms with Crippen molar-refractivity contribution in [1.29, 1.82) is 0 Å². The van der Waals surface area contributed by atoms with Gasteiger partial charge in [0, 0.05) is 5.38 Å². The Hall–Kier alpha value is -2.27. The molecule has 0 unspecified atom stereocenters. The number of furan rings is 1. The van der Waals surface area contributed by atoms with E-state index in [1.54, 1.807) is 17.6 Å². The summed E-state index contributed by atoms with van der Waals surface area (Å²) in [6, 6.07) is 12.0. The summed E-state index contributed by atoms with van der Waals surface area (Å²) in [6.45, 7) is 2.38. The number of benzene rings is 1. The summed E-state index contributed by atoms with van der Waals surface area (Å²) >= 11 is 1.61. The van der Waals surface area contributed by atoms with E-state index >= 15 is 0 Å². The van der Waals surface area contributed by atoms with E-state index in [4.69, 9.17) is 9.15 Å². The number of anilines is 1. The monoisotopic (exact) mass is 298 g/mol. The van der Waals surface area contributed by atoms with Crippen LogP contribution in [0.15, 0.2) is 52.5 Å². The fourth-order valence-corrected chi connectivity index (χ4v) is 3.26. The summed E-state index contributed by atoms with van der Waals surface area (Å²) in [5.41, 5.74) is 2.19. The lowest BCUT2D eigenvalue weighted by molar-refractivity contribution is 0.306. The minimum absolute atomic E-state index is 0.714. The van der Waals surface area contributed by atoms with Crippen LogP contribution >= 0.6 is 11.3 Å². The molecular formula is C16H14N2O2S. The van der Waals surface area contributed by atoms with E-state index in [1.807, 2.05) is 30.3 Å². The fourth-order valence-electron chi connectivity index (χ4n) is 2.48. The topological polar surface area (TPSA) is 38.5 Å². The lowest BCUT2D eigenvalue weighted by Gasteiger charge is -2.30. The molecule has 0 saturated carbocycles. The third kappa shape index (κ3) is 2.40. The number of fused-ring (bicyclic) bond motifs is 1. The van der Waals surface area contributed by atoms with Crippen LogP contribution < -0.4 is 9.64 Å². The highest BCUT2D eigenvalue weighted by Gasteiger charge is 2.18. The van der Waals surface area contributed by atoms with Crippen molar-refractivity contribution in [2.24, 2.45) is 0 Å². The van der Waals surface area contributed by atoms with Crippen molar-refractivity contribution >= 4 is 17.0 Å². The molecule has 0 saturated heterocycles. The van der Waals surface area contributed by atoms with Crippen LogP contribution in [0.3, 0.4) is 0 Å². The van der Waals surface area contributed by atoms with Gasteiger partial charge in [0.05, 0.1) is 30.7 Å². The standard InChI is InChI=1S/C16H14N2O2S/c1-2-5-14-13(4-1)18(7-9-20-14)10-12-11-21-16(17-12)15-6-3-8-19-15/h1-6,8,11H,7,9-10H2. The molecule has 106 valence electrons. The van der Waals surface area contributed by atoms with Gasteiger partial charge in [-0.2, -0.15) is 0 Å². The molecule has 0 aliphatic carbocycles. The maximum atomic E-state index is 5.68. The van der Waals surface area contributed by atoms with Gasteiger partial charge < -0.3 is 14.1 Å². The first kappa shape index (κ1) is 12.5. The second kappa shape index (κ2) is 5.26. The fraction of sp³-hybridized carbons (Fsp3) is 0.188. The predicted octanol–water partition coefficient (Wildman–Crippen LogP) is 3.80. The van der Waals surface area contributed by atoms with Crippen molar-refractivity contribution in [2.45, 2.75) is 6.54 Å². The number of rotatable bonds is 3. The number of thiazole rings is 1. The second-order valence-electron chi connectivity index (χ2n) is 4.86. The van der Waals surface area contributed by atoms with Crippen LogP contribution in [0.4, 0.5) is 5.69 Å². The van der Waals surface area contributed by atoms with Crippen molar-refractivity contribution in [1.82, 2.24) is 4.98 Å². The first-order chi connectivity index (χ1) is 10.4. The highest BCUT2D eigenvalue weighted by atomic mass is 32.1. The van der Waals surface area contributed by atoms with Gasteiger partial charge in [0.15, 0.2) is 10.8 Å². The zero-order valence-corrected chi connectivity index (χ0v) is 12.2.